The molecule has 0 atom stereocenters. The summed E-state index contributed by atoms with van der Waals surface area (Å²) in [4.78, 5) is 0. The Morgan fingerprint density at radius 3 is 2.05 bits per heavy atom. The summed E-state index contributed by atoms with van der Waals surface area (Å²) in [5.74, 6) is -1.63. The maximum Gasteiger partial charge on any atom is 0.446 e. The molecule has 0 saturated heterocycles. The largest absolute Gasteiger partial charge is 0.505 e. The Labute approximate surface area is 124 Å². The Morgan fingerprint density at radius 1 is 0.955 bits per heavy atom. The fraction of sp³-hybridized carbons (Fsp3) is 0. The number of anilines is 1. The zero-order valence-corrected chi connectivity index (χ0v) is 12.1. The second kappa shape index (κ2) is 5.17. The highest BCUT2D eigenvalue weighted by molar-refractivity contribution is 7.81. The smallest absolute Gasteiger partial charge is 0.446 e. The van der Waals surface area contributed by atoms with Crippen LogP contribution in [-0.4, -0.2) is 31.0 Å². The molecule has 2 aromatic rings. The maximum absolute atomic E-state index is 10.8. The number of fused-ring (bicyclic) bond motifs is 1. The molecule has 0 saturated carbocycles. The summed E-state index contributed by atoms with van der Waals surface area (Å²) in [6, 6.07) is 4.45. The van der Waals surface area contributed by atoms with Gasteiger partial charge < -0.3 is 19.2 Å². The maximum atomic E-state index is 10.8. The number of phenols is 1. The van der Waals surface area contributed by atoms with Crippen LogP contribution >= 0.6 is 0 Å². The SMILES string of the molecule is Nc1cc(OS(=O)(=O)O)c2cccc(OS(=O)(=O)O)c2c1O. The summed E-state index contributed by atoms with van der Waals surface area (Å²) in [6.07, 6.45) is 0. The van der Waals surface area contributed by atoms with Gasteiger partial charge in [0.15, 0.2) is 11.5 Å². The first-order valence-corrected chi connectivity index (χ1v) is 8.09. The van der Waals surface area contributed by atoms with E-state index in [0.29, 0.717) is 0 Å². The van der Waals surface area contributed by atoms with Crippen LogP contribution in [0.3, 0.4) is 0 Å². The lowest BCUT2D eigenvalue weighted by Crippen LogP contribution is -2.09. The summed E-state index contributed by atoms with van der Waals surface area (Å²) in [5, 5.41) is 9.44. The number of benzene rings is 2. The zero-order chi connectivity index (χ0) is 16.7. The van der Waals surface area contributed by atoms with E-state index in [1.165, 1.54) is 12.1 Å². The lowest BCUT2D eigenvalue weighted by molar-refractivity contribution is 0.383. The first-order valence-electron chi connectivity index (χ1n) is 5.36. The van der Waals surface area contributed by atoms with E-state index in [1.807, 2.05) is 0 Å². The quantitative estimate of drug-likeness (QED) is 0.345. The van der Waals surface area contributed by atoms with Gasteiger partial charge in [0.05, 0.1) is 11.1 Å². The molecule has 0 aliphatic carbocycles. The molecule has 2 aromatic carbocycles. The zero-order valence-electron chi connectivity index (χ0n) is 10.5. The average Bonchev–Trinajstić information content (AvgIpc) is 2.32. The third-order valence-corrected chi connectivity index (χ3v) is 3.26. The monoisotopic (exact) mass is 351 g/mol. The Hall–Kier alpha value is -2.28. The van der Waals surface area contributed by atoms with Gasteiger partial charge in [0.25, 0.3) is 0 Å². The van der Waals surface area contributed by atoms with Crippen LogP contribution in [0, 0.1) is 0 Å². The van der Waals surface area contributed by atoms with Gasteiger partial charge in [-0.1, -0.05) is 12.1 Å². The van der Waals surface area contributed by atoms with Crippen molar-refractivity contribution >= 4 is 37.3 Å². The van der Waals surface area contributed by atoms with Crippen molar-refractivity contribution in [2.24, 2.45) is 0 Å². The van der Waals surface area contributed by atoms with Gasteiger partial charge >= 0.3 is 20.8 Å². The summed E-state index contributed by atoms with van der Waals surface area (Å²) < 4.78 is 69.3. The summed E-state index contributed by atoms with van der Waals surface area (Å²) in [5.41, 5.74) is 5.09. The van der Waals surface area contributed by atoms with Crippen molar-refractivity contribution in [2.45, 2.75) is 0 Å². The molecule has 0 aliphatic rings. The molecule has 0 unspecified atom stereocenters. The third kappa shape index (κ3) is 3.48. The molecule has 120 valence electrons. The highest BCUT2D eigenvalue weighted by Gasteiger charge is 2.20. The minimum absolute atomic E-state index is 0.134. The predicted octanol–water partition coefficient (Wildman–Crippen LogP) is 0.491. The molecule has 0 spiro atoms. The fourth-order valence-corrected chi connectivity index (χ4v) is 2.51. The van der Waals surface area contributed by atoms with Crippen molar-refractivity contribution in [2.75, 3.05) is 5.73 Å². The molecule has 0 heterocycles. The van der Waals surface area contributed by atoms with Crippen LogP contribution in [-0.2, 0) is 20.8 Å². The number of rotatable bonds is 4. The van der Waals surface area contributed by atoms with Crippen LogP contribution in [0.2, 0.25) is 0 Å². The number of nitrogen functional groups attached to an aromatic ring is 1. The van der Waals surface area contributed by atoms with E-state index < -0.39 is 38.0 Å². The number of phenolic OH excluding ortho intramolecular Hbond substituents is 1. The molecule has 5 N–H and O–H groups in total. The first-order chi connectivity index (χ1) is 9.98. The van der Waals surface area contributed by atoms with Crippen LogP contribution < -0.4 is 14.1 Å². The molecule has 0 radical (unpaired) electrons. The number of hydrogen-bond donors (Lipinski definition) is 4. The van der Waals surface area contributed by atoms with Crippen molar-refractivity contribution in [3.05, 3.63) is 24.3 Å². The molecule has 0 aromatic heterocycles. The van der Waals surface area contributed by atoms with Crippen molar-refractivity contribution in [3.8, 4) is 17.2 Å². The number of nitrogens with two attached hydrogens (primary N) is 1. The lowest BCUT2D eigenvalue weighted by atomic mass is 10.1. The average molecular weight is 351 g/mol. The summed E-state index contributed by atoms with van der Waals surface area (Å²) in [7, 11) is -9.80. The van der Waals surface area contributed by atoms with Gasteiger partial charge in [-0.2, -0.15) is 16.8 Å². The molecule has 0 bridgehead atoms. The van der Waals surface area contributed by atoms with Crippen LogP contribution in [0.5, 0.6) is 17.2 Å². The van der Waals surface area contributed by atoms with E-state index in [9.17, 15) is 21.9 Å². The highest BCUT2D eigenvalue weighted by atomic mass is 32.3. The Morgan fingerprint density at radius 2 is 1.50 bits per heavy atom. The summed E-state index contributed by atoms with van der Waals surface area (Å²) in [6.45, 7) is 0. The van der Waals surface area contributed by atoms with Crippen LogP contribution in [0.4, 0.5) is 5.69 Å². The van der Waals surface area contributed by atoms with Crippen LogP contribution in [0.1, 0.15) is 0 Å². The van der Waals surface area contributed by atoms with Gasteiger partial charge in [0.2, 0.25) is 0 Å². The molecule has 2 rings (SSSR count). The van der Waals surface area contributed by atoms with Gasteiger partial charge in [-0.3, -0.25) is 9.11 Å². The molecule has 0 aliphatic heterocycles. The normalized spacial score (nSPS) is 12.3. The van der Waals surface area contributed by atoms with Gasteiger partial charge in [-0.05, 0) is 6.07 Å². The first kappa shape index (κ1) is 16.1. The molecule has 22 heavy (non-hydrogen) atoms. The second-order valence-corrected chi connectivity index (χ2v) is 6.06. The predicted molar refractivity (Wildman–Crippen MR) is 74.4 cm³/mol. The van der Waals surface area contributed by atoms with E-state index in [1.54, 1.807) is 0 Å². The molecule has 12 heteroatoms. The van der Waals surface area contributed by atoms with E-state index in [2.05, 4.69) is 8.37 Å². The lowest BCUT2D eigenvalue weighted by Gasteiger charge is -2.12. The highest BCUT2D eigenvalue weighted by Crippen LogP contribution is 2.43. The van der Waals surface area contributed by atoms with Gasteiger partial charge in [0, 0.05) is 11.5 Å². The Balaban J connectivity index is 2.82. The van der Waals surface area contributed by atoms with E-state index >= 15 is 0 Å². The van der Waals surface area contributed by atoms with Crippen LogP contribution in [0.25, 0.3) is 10.8 Å². The fourth-order valence-electron chi connectivity index (χ4n) is 1.78. The Bertz CT molecular complexity index is 918. The Kier molecular flexibility index (Phi) is 3.78. The third-order valence-electron chi connectivity index (χ3n) is 2.48. The van der Waals surface area contributed by atoms with Crippen molar-refractivity contribution < 1.29 is 39.4 Å². The topological polar surface area (TPSA) is 173 Å². The van der Waals surface area contributed by atoms with E-state index in [4.69, 9.17) is 14.8 Å². The van der Waals surface area contributed by atoms with Crippen molar-refractivity contribution in [1.29, 1.82) is 0 Å². The van der Waals surface area contributed by atoms with Crippen molar-refractivity contribution in [1.82, 2.24) is 0 Å². The van der Waals surface area contributed by atoms with Crippen LogP contribution in [0.15, 0.2) is 24.3 Å². The number of hydrogen-bond acceptors (Lipinski definition) is 8. The minimum Gasteiger partial charge on any atom is -0.505 e. The van der Waals surface area contributed by atoms with Gasteiger partial charge in [-0.25, -0.2) is 0 Å². The molecular formula is C10H9NO9S2. The van der Waals surface area contributed by atoms with Crippen molar-refractivity contribution in [3.63, 3.8) is 0 Å². The second-order valence-electron chi connectivity index (χ2n) is 4.01. The standard InChI is InChI=1S/C10H9NO9S2/c11-6-4-8(20-22(16,17)18)5-2-1-3-7(9(5)10(6)12)19-21(13,14)15/h1-4,12H,11H2,(H,13,14,15)(H,16,17,18). The van der Waals surface area contributed by atoms with E-state index in [0.717, 1.165) is 12.1 Å². The molecule has 0 amide bonds. The minimum atomic E-state index is -4.91. The van der Waals surface area contributed by atoms with E-state index in [-0.39, 0.29) is 16.5 Å². The van der Waals surface area contributed by atoms with Gasteiger partial charge in [0.1, 0.15) is 5.75 Å². The van der Waals surface area contributed by atoms with Gasteiger partial charge in [-0.15, -0.1) is 0 Å². The molecule has 0 fully saturated rings. The number of aromatic hydroxyl groups is 1. The molecule has 10 nitrogen and oxygen atoms in total. The molecular weight excluding hydrogens is 342 g/mol. The summed E-state index contributed by atoms with van der Waals surface area (Å²) >= 11 is 0.